The Balaban J connectivity index is 1.44. The van der Waals surface area contributed by atoms with Crippen LogP contribution in [0.4, 0.5) is 26.8 Å². The van der Waals surface area contributed by atoms with Crippen LogP contribution in [-0.4, -0.2) is 61.8 Å². The molecule has 2 saturated heterocycles. The Labute approximate surface area is 197 Å². The Bertz CT molecular complexity index is 1260. The summed E-state index contributed by atoms with van der Waals surface area (Å²) >= 11 is 0. The van der Waals surface area contributed by atoms with Gasteiger partial charge in [0.05, 0.1) is 22.9 Å². The predicted molar refractivity (Wildman–Crippen MR) is 129 cm³/mol. The predicted octanol–water partition coefficient (Wildman–Crippen LogP) is 4.03. The van der Waals surface area contributed by atoms with Crippen LogP contribution in [0.2, 0.25) is 0 Å². The zero-order valence-electron chi connectivity index (χ0n) is 19.3. The van der Waals surface area contributed by atoms with Crippen LogP contribution >= 0.6 is 0 Å². The SMILES string of the molecule is CC(C)(C)[C@]12C[C@@H](CN1C(=O)O)N(c1ccc3nccc(NC(=O)Nc4cnccn4)c3c1)C2. The minimum atomic E-state index is -0.861. The largest absolute Gasteiger partial charge is 0.465 e. The average Bonchev–Trinajstić information content (AvgIpc) is 3.38. The smallest absolute Gasteiger partial charge is 0.407 e. The molecule has 0 unspecified atom stereocenters. The maximum atomic E-state index is 12.5. The quantitative estimate of drug-likeness (QED) is 0.538. The topological polar surface area (TPSA) is 124 Å². The first kappa shape index (κ1) is 21.9. The Morgan fingerprint density at radius 3 is 2.65 bits per heavy atom. The van der Waals surface area contributed by atoms with Gasteiger partial charge in [0.1, 0.15) is 0 Å². The van der Waals surface area contributed by atoms with Crippen LogP contribution < -0.4 is 15.5 Å². The summed E-state index contributed by atoms with van der Waals surface area (Å²) in [5.41, 5.74) is 1.70. The van der Waals surface area contributed by atoms with Gasteiger partial charge in [-0.3, -0.25) is 20.2 Å². The molecule has 0 spiro atoms. The normalized spacial score (nSPS) is 21.7. The number of fused-ring (bicyclic) bond motifs is 3. The number of carbonyl (C=O) groups excluding carboxylic acids is 1. The van der Waals surface area contributed by atoms with Gasteiger partial charge in [0.25, 0.3) is 0 Å². The van der Waals surface area contributed by atoms with Crippen LogP contribution in [0.5, 0.6) is 0 Å². The van der Waals surface area contributed by atoms with E-state index in [-0.39, 0.29) is 11.5 Å². The first-order valence-electron chi connectivity index (χ1n) is 11.2. The lowest BCUT2D eigenvalue weighted by atomic mass is 9.73. The summed E-state index contributed by atoms with van der Waals surface area (Å²) in [6, 6.07) is 7.38. The number of urea groups is 1. The van der Waals surface area contributed by atoms with E-state index in [1.807, 2.05) is 18.2 Å². The van der Waals surface area contributed by atoms with Gasteiger partial charge in [-0.25, -0.2) is 14.6 Å². The molecule has 3 aromatic rings. The van der Waals surface area contributed by atoms with Gasteiger partial charge in [-0.05, 0) is 36.1 Å². The van der Waals surface area contributed by atoms with Crippen molar-refractivity contribution in [1.29, 1.82) is 0 Å². The molecule has 2 bridgehead atoms. The van der Waals surface area contributed by atoms with Crippen molar-refractivity contribution < 1.29 is 14.7 Å². The number of aromatic nitrogens is 3. The van der Waals surface area contributed by atoms with E-state index in [2.05, 4.69) is 51.3 Å². The first-order chi connectivity index (χ1) is 16.2. The highest BCUT2D eigenvalue weighted by Gasteiger charge is 2.61. The summed E-state index contributed by atoms with van der Waals surface area (Å²) in [5.74, 6) is 0.350. The highest BCUT2D eigenvalue weighted by Crippen LogP contribution is 2.51. The van der Waals surface area contributed by atoms with E-state index in [0.29, 0.717) is 24.6 Å². The van der Waals surface area contributed by atoms with Crippen LogP contribution in [0.25, 0.3) is 10.9 Å². The van der Waals surface area contributed by atoms with Gasteiger partial charge in [0.2, 0.25) is 0 Å². The number of hydrogen-bond donors (Lipinski definition) is 3. The molecule has 2 aromatic heterocycles. The van der Waals surface area contributed by atoms with Gasteiger partial charge in [0.15, 0.2) is 5.82 Å². The molecule has 34 heavy (non-hydrogen) atoms. The monoisotopic (exact) mass is 461 g/mol. The first-order valence-corrected chi connectivity index (χ1v) is 11.2. The summed E-state index contributed by atoms with van der Waals surface area (Å²) in [5, 5.41) is 16.2. The Kier molecular flexibility index (Phi) is 5.03. The molecule has 2 atom stereocenters. The number of carbonyl (C=O) groups is 2. The van der Waals surface area contributed by atoms with Gasteiger partial charge < -0.3 is 15.3 Å². The van der Waals surface area contributed by atoms with Crippen molar-refractivity contribution in [2.24, 2.45) is 5.41 Å². The van der Waals surface area contributed by atoms with Crippen LogP contribution in [0.3, 0.4) is 0 Å². The number of piperazine rings is 1. The van der Waals surface area contributed by atoms with Crippen molar-refractivity contribution in [3.05, 3.63) is 49.1 Å². The lowest BCUT2D eigenvalue weighted by Crippen LogP contribution is -2.61. The number of pyridine rings is 1. The highest BCUT2D eigenvalue weighted by atomic mass is 16.4. The molecule has 10 nitrogen and oxygen atoms in total. The second-order valence-corrected chi connectivity index (χ2v) is 9.89. The molecule has 0 saturated carbocycles. The second-order valence-electron chi connectivity index (χ2n) is 9.89. The fraction of sp³-hybridized carbons (Fsp3) is 0.375. The average molecular weight is 462 g/mol. The molecular formula is C24H27N7O3. The van der Waals surface area contributed by atoms with E-state index < -0.39 is 17.7 Å². The van der Waals surface area contributed by atoms with E-state index in [0.717, 1.165) is 23.0 Å². The molecule has 5 rings (SSSR count). The zero-order valence-corrected chi connectivity index (χ0v) is 19.3. The number of rotatable bonds is 3. The van der Waals surface area contributed by atoms with E-state index in [4.69, 9.17) is 0 Å². The fourth-order valence-corrected chi connectivity index (χ4v) is 5.29. The molecule has 1 aromatic carbocycles. The molecule has 2 aliphatic heterocycles. The molecule has 3 amide bonds. The number of carboxylic acid groups (broad SMARTS) is 1. The number of anilines is 3. The molecule has 10 heteroatoms. The molecule has 0 radical (unpaired) electrons. The minimum absolute atomic E-state index is 0.0980. The second kappa shape index (κ2) is 7.82. The van der Waals surface area contributed by atoms with Crippen LogP contribution in [-0.2, 0) is 0 Å². The molecule has 4 heterocycles. The van der Waals surface area contributed by atoms with E-state index in [1.165, 1.54) is 18.6 Å². The summed E-state index contributed by atoms with van der Waals surface area (Å²) in [7, 11) is 0. The molecule has 176 valence electrons. The van der Waals surface area contributed by atoms with Crippen molar-refractivity contribution in [2.45, 2.75) is 38.8 Å². The van der Waals surface area contributed by atoms with Crippen molar-refractivity contribution in [3.8, 4) is 0 Å². The van der Waals surface area contributed by atoms with E-state index in [9.17, 15) is 14.7 Å². The van der Waals surface area contributed by atoms with Crippen LogP contribution in [0.15, 0.2) is 49.1 Å². The van der Waals surface area contributed by atoms with Crippen molar-refractivity contribution in [1.82, 2.24) is 19.9 Å². The van der Waals surface area contributed by atoms with Gasteiger partial charge in [-0.1, -0.05) is 20.8 Å². The van der Waals surface area contributed by atoms with Crippen LogP contribution in [0.1, 0.15) is 27.2 Å². The number of nitrogens with one attached hydrogen (secondary N) is 2. The third-order valence-electron chi connectivity index (χ3n) is 7.09. The maximum absolute atomic E-state index is 12.5. The third kappa shape index (κ3) is 3.55. The van der Waals surface area contributed by atoms with Crippen molar-refractivity contribution >= 4 is 40.2 Å². The molecule has 0 aliphatic carbocycles. The van der Waals surface area contributed by atoms with Gasteiger partial charge in [0, 0.05) is 48.8 Å². The minimum Gasteiger partial charge on any atom is -0.465 e. The zero-order chi connectivity index (χ0) is 24.1. The summed E-state index contributed by atoms with van der Waals surface area (Å²) in [4.78, 5) is 40.9. The molecular weight excluding hydrogens is 434 g/mol. The van der Waals surface area contributed by atoms with E-state index in [1.54, 1.807) is 17.2 Å². The molecule has 3 N–H and O–H groups in total. The number of likely N-dealkylation sites (tertiary alicyclic amines) is 1. The third-order valence-corrected chi connectivity index (χ3v) is 7.09. The Hall–Kier alpha value is -3.95. The van der Waals surface area contributed by atoms with Crippen molar-refractivity contribution in [3.63, 3.8) is 0 Å². The lowest BCUT2D eigenvalue weighted by Gasteiger charge is -2.48. The number of benzene rings is 1. The Morgan fingerprint density at radius 1 is 1.12 bits per heavy atom. The van der Waals surface area contributed by atoms with Crippen molar-refractivity contribution in [2.75, 3.05) is 28.6 Å². The molecule has 2 aliphatic rings. The standard InChI is InChI=1S/C24H27N7O3/c1-23(2,3)24-11-16(13-31(24)22(33)34)30(14-24)15-4-5-18-17(10-15)19(6-7-26-18)28-21(32)29-20-12-25-8-9-27-20/h4-10,12,16H,11,13-14H2,1-3H3,(H,33,34)(H2,26,27,28,29,32)/t16-,24+/m0/s1. The van der Waals surface area contributed by atoms with Crippen LogP contribution in [0, 0.1) is 5.41 Å². The summed E-state index contributed by atoms with van der Waals surface area (Å²) in [6.45, 7) is 7.42. The fourth-order valence-electron chi connectivity index (χ4n) is 5.29. The van der Waals surface area contributed by atoms with E-state index >= 15 is 0 Å². The number of amides is 3. The number of nitrogens with zero attached hydrogens (tertiary/aromatic N) is 5. The Morgan fingerprint density at radius 2 is 1.94 bits per heavy atom. The highest BCUT2D eigenvalue weighted by molar-refractivity contribution is 6.05. The maximum Gasteiger partial charge on any atom is 0.407 e. The summed E-state index contributed by atoms with van der Waals surface area (Å²) in [6.07, 6.45) is 6.09. The number of hydrogen-bond acceptors (Lipinski definition) is 6. The van der Waals surface area contributed by atoms with Gasteiger partial charge >= 0.3 is 12.1 Å². The lowest BCUT2D eigenvalue weighted by molar-refractivity contribution is 0.0363. The summed E-state index contributed by atoms with van der Waals surface area (Å²) < 4.78 is 0. The van der Waals surface area contributed by atoms with Gasteiger partial charge in [-0.2, -0.15) is 0 Å². The molecule has 2 fully saturated rings. The van der Waals surface area contributed by atoms with Gasteiger partial charge in [-0.15, -0.1) is 0 Å².